The monoisotopic (exact) mass is 472 g/mol. The van der Waals surface area contributed by atoms with Gasteiger partial charge in [0, 0.05) is 32.7 Å². The molecule has 1 saturated heterocycles. The molecule has 1 aliphatic carbocycles. The van der Waals surface area contributed by atoms with E-state index in [-0.39, 0.29) is 30.1 Å². The van der Waals surface area contributed by atoms with Crippen molar-refractivity contribution in [3.63, 3.8) is 0 Å². The van der Waals surface area contributed by atoms with Crippen molar-refractivity contribution < 1.29 is 5.11 Å². The van der Waals surface area contributed by atoms with Crippen LogP contribution in [0.4, 0.5) is 0 Å². The van der Waals surface area contributed by atoms with Crippen LogP contribution >= 0.6 is 24.0 Å². The van der Waals surface area contributed by atoms with Crippen LogP contribution in [0.25, 0.3) is 0 Å². The maximum atomic E-state index is 9.59. The Bertz CT molecular complexity index is 551. The molecule has 0 unspecified atom stereocenters. The zero-order valence-corrected chi connectivity index (χ0v) is 18.1. The smallest absolute Gasteiger partial charge is 0.191 e. The summed E-state index contributed by atoms with van der Waals surface area (Å²) in [6.45, 7) is 7.69. The minimum atomic E-state index is -0.101. The van der Waals surface area contributed by atoms with Gasteiger partial charge in [-0.3, -0.25) is 4.90 Å². The van der Waals surface area contributed by atoms with E-state index in [1.807, 2.05) is 0 Å². The first-order chi connectivity index (χ1) is 12.2. The molecule has 26 heavy (non-hydrogen) atoms. The lowest BCUT2D eigenvalue weighted by Crippen LogP contribution is -2.38. The van der Waals surface area contributed by atoms with E-state index in [9.17, 15) is 5.11 Å². The first kappa shape index (κ1) is 21.4. The Morgan fingerprint density at radius 2 is 1.73 bits per heavy atom. The molecule has 0 amide bonds. The molecule has 5 nitrogen and oxygen atoms in total. The molecular formula is C20H33IN4O. The lowest BCUT2D eigenvalue weighted by Gasteiger charge is -2.29. The Labute approximate surface area is 174 Å². The van der Waals surface area contributed by atoms with Gasteiger partial charge in [0.05, 0.1) is 12.6 Å². The largest absolute Gasteiger partial charge is 0.393 e. The van der Waals surface area contributed by atoms with Gasteiger partial charge in [-0.25, -0.2) is 4.99 Å². The lowest BCUT2D eigenvalue weighted by atomic mass is 10.1. The summed E-state index contributed by atoms with van der Waals surface area (Å²) in [5, 5.41) is 16.3. The van der Waals surface area contributed by atoms with Gasteiger partial charge < -0.3 is 15.7 Å². The molecule has 0 radical (unpaired) electrons. The molecule has 1 heterocycles. The number of benzene rings is 1. The molecule has 1 saturated carbocycles. The van der Waals surface area contributed by atoms with Crippen LogP contribution in [0.5, 0.6) is 0 Å². The van der Waals surface area contributed by atoms with E-state index >= 15 is 0 Å². The second-order valence-electron chi connectivity index (χ2n) is 7.34. The van der Waals surface area contributed by atoms with Crippen molar-refractivity contribution in [1.29, 1.82) is 0 Å². The number of aliphatic hydroxyl groups is 1. The fourth-order valence-electron chi connectivity index (χ4n) is 3.16. The number of rotatable bonds is 7. The van der Waals surface area contributed by atoms with E-state index in [1.54, 1.807) is 0 Å². The fourth-order valence-corrected chi connectivity index (χ4v) is 3.16. The van der Waals surface area contributed by atoms with E-state index in [0.29, 0.717) is 6.54 Å². The molecule has 3 N–H and O–H groups in total. The molecule has 6 heteroatoms. The first-order valence-corrected chi connectivity index (χ1v) is 9.73. The van der Waals surface area contributed by atoms with Crippen LogP contribution in [0.2, 0.25) is 0 Å². The number of hydrogen-bond donors (Lipinski definition) is 3. The van der Waals surface area contributed by atoms with Crippen molar-refractivity contribution in [3.05, 3.63) is 35.4 Å². The highest BCUT2D eigenvalue weighted by molar-refractivity contribution is 14.0. The predicted molar refractivity (Wildman–Crippen MR) is 118 cm³/mol. The molecule has 0 aromatic heterocycles. The second-order valence-corrected chi connectivity index (χ2v) is 7.34. The topological polar surface area (TPSA) is 59.9 Å². The van der Waals surface area contributed by atoms with Gasteiger partial charge in [0.15, 0.2) is 5.96 Å². The Hall–Kier alpha value is -0.860. The number of halogens is 1. The van der Waals surface area contributed by atoms with Gasteiger partial charge in [-0.2, -0.15) is 0 Å². The molecule has 0 bridgehead atoms. The molecule has 2 aliphatic rings. The van der Waals surface area contributed by atoms with Crippen molar-refractivity contribution >= 4 is 29.9 Å². The van der Waals surface area contributed by atoms with Crippen molar-refractivity contribution in [3.8, 4) is 0 Å². The Morgan fingerprint density at radius 3 is 2.35 bits per heavy atom. The SMILES string of the molecule is CCNC(=NCc1ccc(CN2CCC(O)CC2)cc1)NCC1CC1.I. The van der Waals surface area contributed by atoms with Crippen LogP contribution in [-0.2, 0) is 13.1 Å². The molecule has 1 aromatic rings. The number of nitrogens with zero attached hydrogens (tertiary/aromatic N) is 2. The lowest BCUT2D eigenvalue weighted by molar-refractivity contribution is 0.0792. The molecule has 2 fully saturated rings. The van der Waals surface area contributed by atoms with E-state index < -0.39 is 0 Å². The van der Waals surface area contributed by atoms with E-state index in [2.05, 4.69) is 46.7 Å². The average Bonchev–Trinajstić information content (AvgIpc) is 3.45. The number of piperidine rings is 1. The predicted octanol–water partition coefficient (Wildman–Crippen LogP) is 2.73. The minimum Gasteiger partial charge on any atom is -0.393 e. The summed E-state index contributed by atoms with van der Waals surface area (Å²) >= 11 is 0. The molecule has 0 spiro atoms. The Morgan fingerprint density at radius 1 is 1.08 bits per heavy atom. The summed E-state index contributed by atoms with van der Waals surface area (Å²) in [5.74, 6) is 1.77. The highest BCUT2D eigenvalue weighted by atomic mass is 127. The van der Waals surface area contributed by atoms with Gasteiger partial charge in [-0.15, -0.1) is 24.0 Å². The van der Waals surface area contributed by atoms with Crippen LogP contribution in [0.1, 0.15) is 43.7 Å². The van der Waals surface area contributed by atoms with Crippen LogP contribution < -0.4 is 10.6 Å². The van der Waals surface area contributed by atoms with Crippen molar-refractivity contribution in [1.82, 2.24) is 15.5 Å². The molecule has 1 aliphatic heterocycles. The fraction of sp³-hybridized carbons (Fsp3) is 0.650. The summed E-state index contributed by atoms with van der Waals surface area (Å²) in [6, 6.07) is 8.78. The third-order valence-electron chi connectivity index (χ3n) is 5.01. The number of aliphatic hydroxyl groups excluding tert-OH is 1. The minimum absolute atomic E-state index is 0. The van der Waals surface area contributed by atoms with Gasteiger partial charge in [0.1, 0.15) is 0 Å². The summed E-state index contributed by atoms with van der Waals surface area (Å²) in [4.78, 5) is 7.11. The molecule has 146 valence electrons. The highest BCUT2D eigenvalue weighted by Gasteiger charge is 2.21. The zero-order chi connectivity index (χ0) is 17.5. The number of likely N-dealkylation sites (tertiary alicyclic amines) is 1. The summed E-state index contributed by atoms with van der Waals surface area (Å²) in [6.07, 6.45) is 4.39. The van der Waals surface area contributed by atoms with E-state index in [1.165, 1.54) is 24.0 Å². The van der Waals surface area contributed by atoms with Crippen molar-refractivity contribution in [2.45, 2.75) is 51.8 Å². The van der Waals surface area contributed by atoms with E-state index in [4.69, 9.17) is 4.99 Å². The van der Waals surface area contributed by atoms with Gasteiger partial charge in [-0.1, -0.05) is 24.3 Å². The molecule has 0 atom stereocenters. The van der Waals surface area contributed by atoms with Crippen LogP contribution in [0, 0.1) is 5.92 Å². The second kappa shape index (κ2) is 11.1. The summed E-state index contributed by atoms with van der Waals surface area (Å²) in [7, 11) is 0. The van der Waals surface area contributed by atoms with Gasteiger partial charge in [0.2, 0.25) is 0 Å². The Balaban J connectivity index is 0.00000243. The molecule has 1 aromatic carbocycles. The summed E-state index contributed by atoms with van der Waals surface area (Å²) < 4.78 is 0. The van der Waals surface area contributed by atoms with Gasteiger partial charge >= 0.3 is 0 Å². The number of guanidine groups is 1. The average molecular weight is 472 g/mol. The van der Waals surface area contributed by atoms with Crippen molar-refractivity contribution in [2.75, 3.05) is 26.2 Å². The molecular weight excluding hydrogens is 439 g/mol. The third kappa shape index (κ3) is 7.40. The maximum absolute atomic E-state index is 9.59. The van der Waals surface area contributed by atoms with Crippen LogP contribution in [-0.4, -0.2) is 48.2 Å². The van der Waals surface area contributed by atoms with Crippen molar-refractivity contribution in [2.24, 2.45) is 10.9 Å². The standard InChI is InChI=1S/C20H32N4O.HI/c1-2-21-20(22-13-16-3-4-16)23-14-17-5-7-18(8-6-17)15-24-11-9-19(25)10-12-24;/h5-8,16,19,25H,2-4,9-15H2,1H3,(H2,21,22,23);1H. The third-order valence-corrected chi connectivity index (χ3v) is 5.01. The quantitative estimate of drug-likeness (QED) is 0.325. The highest BCUT2D eigenvalue weighted by Crippen LogP contribution is 2.27. The van der Waals surface area contributed by atoms with Crippen LogP contribution in [0.15, 0.2) is 29.3 Å². The first-order valence-electron chi connectivity index (χ1n) is 9.73. The summed E-state index contributed by atoms with van der Waals surface area (Å²) in [5.41, 5.74) is 2.57. The Kier molecular flexibility index (Phi) is 9.15. The van der Waals surface area contributed by atoms with Gasteiger partial charge in [0.25, 0.3) is 0 Å². The van der Waals surface area contributed by atoms with Crippen LogP contribution in [0.3, 0.4) is 0 Å². The number of aliphatic imine (C=N–C) groups is 1. The normalized spacial score (nSPS) is 19.1. The van der Waals surface area contributed by atoms with Gasteiger partial charge in [-0.05, 0) is 49.7 Å². The molecule has 3 rings (SSSR count). The number of hydrogen-bond acceptors (Lipinski definition) is 3. The van der Waals surface area contributed by atoms with E-state index in [0.717, 1.165) is 57.4 Å². The zero-order valence-electron chi connectivity index (χ0n) is 15.8. The number of nitrogens with one attached hydrogen (secondary N) is 2. The maximum Gasteiger partial charge on any atom is 0.191 e.